The van der Waals surface area contributed by atoms with Crippen LogP contribution in [0.2, 0.25) is 0 Å². The minimum atomic E-state index is 0.134. The number of nitrogens with zero attached hydrogens (tertiary/aromatic N) is 1. The molecule has 0 bridgehead atoms. The molecule has 4 heteroatoms. The second-order valence-corrected chi connectivity index (χ2v) is 5.89. The Morgan fingerprint density at radius 3 is 2.56 bits per heavy atom. The summed E-state index contributed by atoms with van der Waals surface area (Å²) in [6.45, 7) is 10.9. The van der Waals surface area contributed by atoms with E-state index in [1.807, 2.05) is 13.8 Å². The van der Waals surface area contributed by atoms with Crippen molar-refractivity contribution in [2.24, 2.45) is 0 Å². The van der Waals surface area contributed by atoms with Crippen LogP contribution < -0.4 is 10.6 Å². The number of amides is 1. The molecule has 1 fully saturated rings. The molecule has 0 aliphatic carbocycles. The summed E-state index contributed by atoms with van der Waals surface area (Å²) in [7, 11) is 0. The highest BCUT2D eigenvalue weighted by Crippen LogP contribution is 2.10. The first-order valence-electron chi connectivity index (χ1n) is 7.26. The molecule has 18 heavy (non-hydrogen) atoms. The van der Waals surface area contributed by atoms with E-state index in [0.29, 0.717) is 18.6 Å². The van der Waals surface area contributed by atoms with Gasteiger partial charge in [0.1, 0.15) is 0 Å². The van der Waals surface area contributed by atoms with Crippen molar-refractivity contribution in [3.8, 4) is 0 Å². The van der Waals surface area contributed by atoms with Gasteiger partial charge < -0.3 is 10.6 Å². The molecule has 0 aromatic carbocycles. The number of nitrogens with one attached hydrogen (secondary N) is 2. The molecule has 1 atom stereocenters. The monoisotopic (exact) mass is 255 g/mol. The number of carbonyl (C=O) groups excluding carboxylic acids is 1. The fraction of sp³-hybridized carbons (Fsp3) is 0.929. The van der Waals surface area contributed by atoms with Crippen LogP contribution in [0.25, 0.3) is 0 Å². The molecule has 4 nitrogen and oxygen atoms in total. The molecule has 1 aliphatic heterocycles. The van der Waals surface area contributed by atoms with E-state index in [9.17, 15) is 4.79 Å². The van der Waals surface area contributed by atoms with Gasteiger partial charge in [-0.05, 0) is 47.1 Å². The molecule has 0 spiro atoms. The van der Waals surface area contributed by atoms with E-state index in [-0.39, 0.29) is 11.9 Å². The molecule has 106 valence electrons. The Kier molecular flexibility index (Phi) is 6.65. The van der Waals surface area contributed by atoms with Crippen LogP contribution in [-0.4, -0.2) is 48.6 Å². The summed E-state index contributed by atoms with van der Waals surface area (Å²) in [5.41, 5.74) is 0. The average Bonchev–Trinajstić information content (AvgIpc) is 2.28. The van der Waals surface area contributed by atoms with Crippen molar-refractivity contribution in [3.63, 3.8) is 0 Å². The van der Waals surface area contributed by atoms with Crippen LogP contribution in [0.15, 0.2) is 0 Å². The number of piperidine rings is 1. The highest BCUT2D eigenvalue weighted by molar-refractivity contribution is 5.78. The highest BCUT2D eigenvalue weighted by atomic mass is 16.2. The van der Waals surface area contributed by atoms with Crippen molar-refractivity contribution in [2.75, 3.05) is 19.6 Å². The Morgan fingerprint density at radius 1 is 1.33 bits per heavy atom. The number of hydrogen-bond donors (Lipinski definition) is 2. The van der Waals surface area contributed by atoms with Gasteiger partial charge in [0.05, 0.1) is 6.54 Å². The van der Waals surface area contributed by atoms with Gasteiger partial charge in [0.25, 0.3) is 0 Å². The zero-order valence-corrected chi connectivity index (χ0v) is 12.3. The van der Waals surface area contributed by atoms with Gasteiger partial charge in [-0.15, -0.1) is 0 Å². The number of hydrogen-bond acceptors (Lipinski definition) is 3. The number of rotatable bonds is 6. The van der Waals surface area contributed by atoms with Gasteiger partial charge in [0.2, 0.25) is 5.91 Å². The van der Waals surface area contributed by atoms with Crippen molar-refractivity contribution >= 4 is 5.91 Å². The lowest BCUT2D eigenvalue weighted by Gasteiger charge is -2.32. The second-order valence-electron chi connectivity index (χ2n) is 5.89. The van der Waals surface area contributed by atoms with E-state index in [1.165, 1.54) is 19.3 Å². The van der Waals surface area contributed by atoms with Crippen molar-refractivity contribution < 1.29 is 4.79 Å². The Labute approximate surface area is 111 Å². The third-order valence-electron chi connectivity index (χ3n) is 3.39. The Bertz CT molecular complexity index is 247. The molecule has 1 aliphatic rings. The molecule has 1 saturated heterocycles. The third kappa shape index (κ3) is 5.83. The van der Waals surface area contributed by atoms with Gasteiger partial charge in [-0.25, -0.2) is 0 Å². The maximum absolute atomic E-state index is 11.8. The van der Waals surface area contributed by atoms with Crippen LogP contribution in [0.1, 0.15) is 47.0 Å². The summed E-state index contributed by atoms with van der Waals surface area (Å²) in [5.74, 6) is 0.134. The standard InChI is InChI=1S/C14H29N3O/c1-11(2)16-14(18)10-17(12(3)4)9-13-7-5-6-8-15-13/h11-13,15H,5-10H2,1-4H3,(H,16,18). The van der Waals surface area contributed by atoms with Crippen LogP contribution in [-0.2, 0) is 4.79 Å². The van der Waals surface area contributed by atoms with Crippen LogP contribution in [0.5, 0.6) is 0 Å². The van der Waals surface area contributed by atoms with Crippen LogP contribution in [0.3, 0.4) is 0 Å². The van der Waals surface area contributed by atoms with Crippen molar-refractivity contribution in [3.05, 3.63) is 0 Å². The first-order chi connectivity index (χ1) is 8.49. The van der Waals surface area contributed by atoms with E-state index in [2.05, 4.69) is 29.4 Å². The maximum Gasteiger partial charge on any atom is 0.234 e. The third-order valence-corrected chi connectivity index (χ3v) is 3.39. The summed E-state index contributed by atoms with van der Waals surface area (Å²) in [6, 6.07) is 1.18. The topological polar surface area (TPSA) is 44.4 Å². The van der Waals surface area contributed by atoms with Crippen LogP contribution in [0.4, 0.5) is 0 Å². The SMILES string of the molecule is CC(C)NC(=O)CN(CC1CCCCN1)C(C)C. The van der Waals surface area contributed by atoms with Crippen molar-refractivity contribution in [2.45, 2.75) is 65.1 Å². The summed E-state index contributed by atoms with van der Waals surface area (Å²) in [6.07, 6.45) is 3.82. The minimum absolute atomic E-state index is 0.134. The summed E-state index contributed by atoms with van der Waals surface area (Å²) >= 11 is 0. The Hall–Kier alpha value is -0.610. The van der Waals surface area contributed by atoms with Crippen LogP contribution >= 0.6 is 0 Å². The molecular formula is C14H29N3O. The highest BCUT2D eigenvalue weighted by Gasteiger charge is 2.20. The van der Waals surface area contributed by atoms with E-state index in [4.69, 9.17) is 0 Å². The smallest absolute Gasteiger partial charge is 0.234 e. The zero-order chi connectivity index (χ0) is 13.5. The lowest BCUT2D eigenvalue weighted by Crippen LogP contribution is -2.49. The quantitative estimate of drug-likeness (QED) is 0.753. The predicted octanol–water partition coefficient (Wildman–Crippen LogP) is 1.36. The first-order valence-corrected chi connectivity index (χ1v) is 7.26. The van der Waals surface area contributed by atoms with Crippen LogP contribution in [0, 0.1) is 0 Å². The molecular weight excluding hydrogens is 226 g/mol. The summed E-state index contributed by atoms with van der Waals surface area (Å²) in [5, 5.41) is 6.51. The molecule has 0 radical (unpaired) electrons. The second kappa shape index (κ2) is 7.74. The lowest BCUT2D eigenvalue weighted by molar-refractivity contribution is -0.123. The number of carbonyl (C=O) groups is 1. The van der Waals surface area contributed by atoms with Gasteiger partial charge in [-0.1, -0.05) is 6.42 Å². The fourth-order valence-electron chi connectivity index (χ4n) is 2.37. The van der Waals surface area contributed by atoms with Crippen molar-refractivity contribution in [1.29, 1.82) is 0 Å². The molecule has 1 unspecified atom stereocenters. The van der Waals surface area contributed by atoms with E-state index in [1.54, 1.807) is 0 Å². The van der Waals surface area contributed by atoms with Gasteiger partial charge in [-0.3, -0.25) is 9.69 Å². The lowest BCUT2D eigenvalue weighted by atomic mass is 10.0. The summed E-state index contributed by atoms with van der Waals surface area (Å²) in [4.78, 5) is 14.1. The molecule has 0 aromatic rings. The Balaban J connectivity index is 2.41. The maximum atomic E-state index is 11.8. The van der Waals surface area contributed by atoms with Crippen molar-refractivity contribution in [1.82, 2.24) is 15.5 Å². The van der Waals surface area contributed by atoms with Gasteiger partial charge in [0, 0.05) is 24.7 Å². The normalized spacial score (nSPS) is 20.7. The fourth-order valence-corrected chi connectivity index (χ4v) is 2.37. The average molecular weight is 255 g/mol. The minimum Gasteiger partial charge on any atom is -0.353 e. The van der Waals surface area contributed by atoms with Gasteiger partial charge in [-0.2, -0.15) is 0 Å². The first kappa shape index (κ1) is 15.4. The van der Waals surface area contributed by atoms with E-state index in [0.717, 1.165) is 13.1 Å². The van der Waals surface area contributed by atoms with Gasteiger partial charge in [0.15, 0.2) is 0 Å². The summed E-state index contributed by atoms with van der Waals surface area (Å²) < 4.78 is 0. The van der Waals surface area contributed by atoms with E-state index < -0.39 is 0 Å². The molecule has 0 saturated carbocycles. The molecule has 1 heterocycles. The molecule has 2 N–H and O–H groups in total. The predicted molar refractivity (Wildman–Crippen MR) is 75.6 cm³/mol. The molecule has 1 amide bonds. The van der Waals surface area contributed by atoms with Gasteiger partial charge >= 0.3 is 0 Å². The Morgan fingerprint density at radius 2 is 2.06 bits per heavy atom. The molecule has 0 aromatic heterocycles. The zero-order valence-electron chi connectivity index (χ0n) is 12.3. The molecule has 1 rings (SSSR count). The largest absolute Gasteiger partial charge is 0.353 e. The van der Waals surface area contributed by atoms with E-state index >= 15 is 0 Å².